The molecular weight excluding hydrogens is 208 g/mol. The molecule has 2 aromatic rings. The Morgan fingerprint density at radius 2 is 2.20 bits per heavy atom. The lowest BCUT2D eigenvalue weighted by atomic mass is 10.2. The van der Waals surface area contributed by atoms with Gasteiger partial charge in [0.2, 0.25) is 0 Å². The van der Waals surface area contributed by atoms with Gasteiger partial charge in [0.25, 0.3) is 0 Å². The Kier molecular flexibility index (Phi) is 2.77. The van der Waals surface area contributed by atoms with E-state index in [1.165, 1.54) is 17.8 Å². The summed E-state index contributed by atoms with van der Waals surface area (Å²) in [6.45, 7) is 3.48. The van der Waals surface area contributed by atoms with E-state index in [4.69, 9.17) is 4.42 Å². The minimum absolute atomic E-state index is 0.339. The molecule has 2 rings (SSSR count). The number of para-hydroxylation sites is 1. The molecule has 0 aliphatic carbocycles. The van der Waals surface area contributed by atoms with Crippen LogP contribution in [0.15, 0.2) is 62.2 Å². The molecule has 0 saturated carbocycles. The molecule has 0 atom stereocenters. The first-order valence-electron chi connectivity index (χ1n) is 4.35. The minimum Gasteiger partial charge on any atom is -0.423 e. The van der Waals surface area contributed by atoms with Gasteiger partial charge in [-0.15, -0.1) is 5.73 Å². The lowest BCUT2D eigenvalue weighted by Gasteiger charge is -2.00. The van der Waals surface area contributed by atoms with E-state index in [1.54, 1.807) is 11.5 Å². The van der Waals surface area contributed by atoms with Crippen LogP contribution >= 0.6 is 11.8 Å². The van der Waals surface area contributed by atoms with Crippen LogP contribution in [-0.2, 0) is 0 Å². The van der Waals surface area contributed by atoms with Gasteiger partial charge in [0, 0.05) is 21.8 Å². The summed E-state index contributed by atoms with van der Waals surface area (Å²) in [5.41, 5.74) is 2.92. The second-order valence-electron chi connectivity index (χ2n) is 2.87. The molecule has 0 bridgehead atoms. The van der Waals surface area contributed by atoms with Crippen molar-refractivity contribution in [3.63, 3.8) is 0 Å². The van der Waals surface area contributed by atoms with E-state index in [0.717, 1.165) is 10.3 Å². The Balaban J connectivity index is 2.70. The van der Waals surface area contributed by atoms with E-state index in [1.807, 2.05) is 18.2 Å². The van der Waals surface area contributed by atoms with E-state index < -0.39 is 0 Å². The van der Waals surface area contributed by atoms with Crippen LogP contribution in [0, 0.1) is 0 Å². The summed E-state index contributed by atoms with van der Waals surface area (Å²) in [6, 6.07) is 8.91. The first-order chi connectivity index (χ1) is 7.31. The van der Waals surface area contributed by atoms with Gasteiger partial charge >= 0.3 is 5.63 Å². The van der Waals surface area contributed by atoms with Crippen LogP contribution in [0.1, 0.15) is 0 Å². The zero-order valence-electron chi connectivity index (χ0n) is 7.90. The Labute approximate surface area is 90.9 Å². The first-order valence-corrected chi connectivity index (χ1v) is 5.23. The minimum atomic E-state index is -0.339. The van der Waals surface area contributed by atoms with Crippen molar-refractivity contribution < 1.29 is 4.42 Å². The number of thioether (sulfide) groups is 1. The van der Waals surface area contributed by atoms with Crippen molar-refractivity contribution in [1.29, 1.82) is 0 Å². The highest BCUT2D eigenvalue weighted by molar-refractivity contribution is 8.02. The number of hydrogen-bond acceptors (Lipinski definition) is 3. The average Bonchev–Trinajstić information content (AvgIpc) is 2.25. The van der Waals surface area contributed by atoms with Crippen LogP contribution in [0.3, 0.4) is 0 Å². The molecule has 0 radical (unpaired) electrons. The van der Waals surface area contributed by atoms with Gasteiger partial charge in [-0.25, -0.2) is 4.79 Å². The van der Waals surface area contributed by atoms with Gasteiger partial charge in [0.05, 0.1) is 0 Å². The molecular formula is C12H8O2S. The normalized spacial score (nSPS) is 9.87. The van der Waals surface area contributed by atoms with Crippen molar-refractivity contribution in [1.82, 2.24) is 0 Å². The zero-order valence-corrected chi connectivity index (χ0v) is 8.71. The van der Waals surface area contributed by atoms with Crippen molar-refractivity contribution in [2.75, 3.05) is 0 Å². The third-order valence-electron chi connectivity index (χ3n) is 1.88. The summed E-state index contributed by atoms with van der Waals surface area (Å²) in [5.74, 6) is 0. The van der Waals surface area contributed by atoms with Crippen molar-refractivity contribution >= 4 is 22.7 Å². The fourth-order valence-corrected chi connectivity index (χ4v) is 1.95. The largest absolute Gasteiger partial charge is 0.423 e. The van der Waals surface area contributed by atoms with Crippen molar-refractivity contribution in [2.45, 2.75) is 4.90 Å². The Morgan fingerprint density at radius 3 is 3.00 bits per heavy atom. The molecule has 0 N–H and O–H groups in total. The van der Waals surface area contributed by atoms with Crippen molar-refractivity contribution in [3.05, 3.63) is 58.5 Å². The predicted octanol–water partition coefficient (Wildman–Crippen LogP) is 3.18. The van der Waals surface area contributed by atoms with Crippen LogP contribution in [0.2, 0.25) is 0 Å². The molecule has 74 valence electrons. The molecule has 0 unspecified atom stereocenters. The molecule has 0 fully saturated rings. The highest BCUT2D eigenvalue weighted by Crippen LogP contribution is 2.26. The van der Waals surface area contributed by atoms with Gasteiger partial charge in [-0.2, -0.15) is 0 Å². The predicted molar refractivity (Wildman–Crippen MR) is 62.1 cm³/mol. The quantitative estimate of drug-likeness (QED) is 0.439. The lowest BCUT2D eigenvalue weighted by Crippen LogP contribution is -1.96. The van der Waals surface area contributed by atoms with Crippen LogP contribution in [-0.4, -0.2) is 0 Å². The molecule has 0 aliphatic rings. The highest BCUT2D eigenvalue weighted by atomic mass is 32.2. The fourth-order valence-electron chi connectivity index (χ4n) is 1.28. The molecule has 1 heterocycles. The standard InChI is InChI=1S/C12H8O2S/c1-2-7-15-11-8-12(13)14-10-6-4-3-5-9(10)11/h3-8H,1H2. The number of benzene rings is 1. The SMILES string of the molecule is C=C=CSc1cc(=O)oc2ccccc12. The van der Waals surface area contributed by atoms with Crippen LogP contribution < -0.4 is 5.63 Å². The Bertz CT molecular complexity index is 592. The molecule has 3 heteroatoms. The molecule has 15 heavy (non-hydrogen) atoms. The summed E-state index contributed by atoms with van der Waals surface area (Å²) in [5, 5.41) is 2.63. The van der Waals surface area contributed by atoms with Gasteiger partial charge in [-0.3, -0.25) is 0 Å². The van der Waals surface area contributed by atoms with E-state index in [2.05, 4.69) is 12.3 Å². The second kappa shape index (κ2) is 4.22. The monoisotopic (exact) mass is 216 g/mol. The molecule has 0 spiro atoms. The molecule has 0 amide bonds. The van der Waals surface area contributed by atoms with E-state index in [-0.39, 0.29) is 5.63 Å². The van der Waals surface area contributed by atoms with Gasteiger partial charge in [0.1, 0.15) is 5.58 Å². The maximum atomic E-state index is 11.2. The molecule has 0 aliphatic heterocycles. The maximum Gasteiger partial charge on any atom is 0.337 e. The van der Waals surface area contributed by atoms with Gasteiger partial charge < -0.3 is 4.42 Å². The van der Waals surface area contributed by atoms with Gasteiger partial charge in [0.15, 0.2) is 0 Å². The summed E-state index contributed by atoms with van der Waals surface area (Å²) >= 11 is 1.41. The number of fused-ring (bicyclic) bond motifs is 1. The Morgan fingerprint density at radius 1 is 1.40 bits per heavy atom. The average molecular weight is 216 g/mol. The van der Waals surface area contributed by atoms with Crippen LogP contribution in [0.5, 0.6) is 0 Å². The van der Waals surface area contributed by atoms with Crippen molar-refractivity contribution in [2.24, 2.45) is 0 Å². The third-order valence-corrected chi connectivity index (χ3v) is 2.76. The summed E-state index contributed by atoms with van der Waals surface area (Å²) in [7, 11) is 0. The highest BCUT2D eigenvalue weighted by Gasteiger charge is 2.03. The van der Waals surface area contributed by atoms with E-state index in [9.17, 15) is 4.79 Å². The number of rotatable bonds is 2. The van der Waals surface area contributed by atoms with E-state index >= 15 is 0 Å². The third kappa shape index (κ3) is 2.04. The number of hydrogen-bond donors (Lipinski definition) is 0. The van der Waals surface area contributed by atoms with Crippen molar-refractivity contribution in [3.8, 4) is 0 Å². The first kappa shape index (κ1) is 9.84. The molecule has 0 saturated heterocycles. The summed E-state index contributed by atoms with van der Waals surface area (Å²) in [4.78, 5) is 12.1. The fraction of sp³-hybridized carbons (Fsp3) is 0. The lowest BCUT2D eigenvalue weighted by molar-refractivity contribution is 0.557. The van der Waals surface area contributed by atoms with Crippen LogP contribution in [0.4, 0.5) is 0 Å². The summed E-state index contributed by atoms with van der Waals surface area (Å²) in [6.07, 6.45) is 0. The van der Waals surface area contributed by atoms with Gasteiger partial charge in [-0.1, -0.05) is 36.5 Å². The summed E-state index contributed by atoms with van der Waals surface area (Å²) < 4.78 is 5.06. The smallest absolute Gasteiger partial charge is 0.337 e. The Hall–Kier alpha value is -1.70. The molecule has 1 aromatic heterocycles. The van der Waals surface area contributed by atoms with Crippen LogP contribution in [0.25, 0.3) is 11.0 Å². The topological polar surface area (TPSA) is 30.2 Å². The molecule has 2 nitrogen and oxygen atoms in total. The maximum absolute atomic E-state index is 11.2. The van der Waals surface area contributed by atoms with E-state index in [0.29, 0.717) is 5.58 Å². The zero-order chi connectivity index (χ0) is 10.7. The molecule has 1 aromatic carbocycles. The second-order valence-corrected chi connectivity index (χ2v) is 3.78. The van der Waals surface area contributed by atoms with Gasteiger partial charge in [-0.05, 0) is 6.07 Å².